The molecule has 120 valence electrons. The number of nitriles is 1. The Morgan fingerprint density at radius 1 is 1.04 bits per heavy atom. The summed E-state index contributed by atoms with van der Waals surface area (Å²) in [4.78, 5) is 13.3. The number of imidazole rings is 1. The normalized spacial score (nSPS) is 13.1. The van der Waals surface area contributed by atoms with Gasteiger partial charge in [-0.1, -0.05) is 12.1 Å². The van der Waals surface area contributed by atoms with Crippen molar-refractivity contribution in [2.45, 2.75) is 19.3 Å². The number of nitrogens with one attached hydrogen (secondary N) is 1. The van der Waals surface area contributed by atoms with Crippen molar-refractivity contribution in [3.63, 3.8) is 0 Å². The Morgan fingerprint density at radius 3 is 2.68 bits per heavy atom. The first-order valence-corrected chi connectivity index (χ1v) is 8.26. The molecule has 0 aliphatic heterocycles. The fourth-order valence-corrected chi connectivity index (χ4v) is 3.69. The van der Waals surface area contributed by atoms with Gasteiger partial charge in [-0.05, 0) is 48.6 Å². The van der Waals surface area contributed by atoms with E-state index in [9.17, 15) is 5.26 Å². The summed E-state index contributed by atoms with van der Waals surface area (Å²) in [6.07, 6.45) is 6.30. The topological polar surface area (TPSA) is 78.9 Å². The molecule has 0 fully saturated rings. The molecule has 6 heteroatoms. The lowest BCUT2D eigenvalue weighted by atomic mass is 10.1. The molecule has 1 aliphatic rings. The van der Waals surface area contributed by atoms with E-state index in [4.69, 9.17) is 4.98 Å². The molecule has 5 rings (SSSR count). The Labute approximate surface area is 143 Å². The number of anilines is 2. The molecule has 0 unspecified atom stereocenters. The Kier molecular flexibility index (Phi) is 2.94. The lowest BCUT2D eigenvalue weighted by molar-refractivity contribution is 0.910. The smallest absolute Gasteiger partial charge is 0.228 e. The quantitative estimate of drug-likeness (QED) is 0.611. The van der Waals surface area contributed by atoms with Crippen LogP contribution in [0.25, 0.3) is 16.7 Å². The molecule has 1 aromatic carbocycles. The highest BCUT2D eigenvalue weighted by Crippen LogP contribution is 2.37. The molecule has 3 aromatic heterocycles. The first kappa shape index (κ1) is 13.9. The number of hydrogen-bond acceptors (Lipinski definition) is 5. The van der Waals surface area contributed by atoms with Gasteiger partial charge in [0.2, 0.25) is 5.95 Å². The molecule has 1 N–H and O–H groups in total. The summed E-state index contributed by atoms with van der Waals surface area (Å²) in [6, 6.07) is 12.1. The highest BCUT2D eigenvalue weighted by atomic mass is 15.2. The van der Waals surface area contributed by atoms with Crippen LogP contribution in [-0.2, 0) is 12.8 Å². The second-order valence-electron chi connectivity index (χ2n) is 6.10. The van der Waals surface area contributed by atoms with Gasteiger partial charge in [0.1, 0.15) is 11.9 Å². The lowest BCUT2D eigenvalue weighted by Crippen LogP contribution is -2.07. The van der Waals surface area contributed by atoms with Gasteiger partial charge in [-0.3, -0.25) is 4.40 Å². The van der Waals surface area contributed by atoms with E-state index in [1.54, 1.807) is 18.5 Å². The number of aromatic nitrogens is 4. The minimum atomic E-state index is 0.542. The van der Waals surface area contributed by atoms with Gasteiger partial charge < -0.3 is 5.32 Å². The first-order valence-electron chi connectivity index (χ1n) is 8.26. The van der Waals surface area contributed by atoms with Crippen LogP contribution in [0.3, 0.4) is 0 Å². The molecule has 1 aliphatic carbocycles. The van der Waals surface area contributed by atoms with E-state index in [0.29, 0.717) is 17.2 Å². The first-order chi connectivity index (χ1) is 12.4. The van der Waals surface area contributed by atoms with Gasteiger partial charge in [0.25, 0.3) is 0 Å². The maximum absolute atomic E-state index is 9.76. The second kappa shape index (κ2) is 5.28. The summed E-state index contributed by atoms with van der Waals surface area (Å²) in [5.41, 5.74) is 5.50. The summed E-state index contributed by atoms with van der Waals surface area (Å²) < 4.78 is 2.04. The zero-order chi connectivity index (χ0) is 16.8. The second-order valence-corrected chi connectivity index (χ2v) is 6.10. The van der Waals surface area contributed by atoms with Crippen molar-refractivity contribution in [3.05, 3.63) is 59.4 Å². The maximum atomic E-state index is 9.76. The van der Waals surface area contributed by atoms with Crippen LogP contribution in [-0.4, -0.2) is 19.4 Å². The van der Waals surface area contributed by atoms with Crippen molar-refractivity contribution in [2.24, 2.45) is 0 Å². The Bertz CT molecular complexity index is 1150. The molecule has 0 spiro atoms. The molecule has 0 amide bonds. The highest BCUT2D eigenvalue weighted by Gasteiger charge is 2.26. The number of pyridine rings is 1. The van der Waals surface area contributed by atoms with Crippen LogP contribution in [0.15, 0.2) is 42.7 Å². The molecule has 25 heavy (non-hydrogen) atoms. The molecule has 0 atom stereocenters. The molecule has 4 aromatic rings. The number of benzene rings is 1. The van der Waals surface area contributed by atoms with Crippen LogP contribution in [0.4, 0.5) is 11.8 Å². The van der Waals surface area contributed by atoms with Gasteiger partial charge >= 0.3 is 0 Å². The number of nitrogens with zero attached hydrogens (tertiary/aromatic N) is 5. The van der Waals surface area contributed by atoms with Crippen molar-refractivity contribution >= 4 is 28.4 Å². The Balaban J connectivity index is 1.90. The van der Waals surface area contributed by atoms with Crippen molar-refractivity contribution in [1.82, 2.24) is 19.4 Å². The van der Waals surface area contributed by atoms with Crippen molar-refractivity contribution < 1.29 is 0 Å². The number of fused-ring (bicyclic) bond motifs is 4. The van der Waals surface area contributed by atoms with Crippen LogP contribution in [0.2, 0.25) is 0 Å². The van der Waals surface area contributed by atoms with E-state index in [2.05, 4.69) is 21.4 Å². The van der Waals surface area contributed by atoms with Gasteiger partial charge in [-0.25, -0.2) is 15.0 Å². The van der Waals surface area contributed by atoms with Crippen LogP contribution in [0.1, 0.15) is 23.1 Å². The van der Waals surface area contributed by atoms with Crippen LogP contribution < -0.4 is 5.32 Å². The summed E-state index contributed by atoms with van der Waals surface area (Å²) in [5, 5.41) is 13.1. The molecule has 0 saturated carbocycles. The fourth-order valence-electron chi connectivity index (χ4n) is 3.69. The van der Waals surface area contributed by atoms with E-state index in [-0.39, 0.29) is 0 Å². The van der Waals surface area contributed by atoms with Gasteiger partial charge in [0.05, 0.1) is 16.6 Å². The van der Waals surface area contributed by atoms with Gasteiger partial charge in [0.15, 0.2) is 5.65 Å². The van der Waals surface area contributed by atoms with E-state index >= 15 is 0 Å². The van der Waals surface area contributed by atoms with Gasteiger partial charge in [0, 0.05) is 12.4 Å². The molecule has 0 saturated heterocycles. The third kappa shape index (κ3) is 1.99. The molecular weight excluding hydrogens is 312 g/mol. The minimum absolute atomic E-state index is 0.542. The number of rotatable bonds is 2. The zero-order valence-corrected chi connectivity index (χ0v) is 13.4. The average Bonchev–Trinajstić information content (AvgIpc) is 3.27. The highest BCUT2D eigenvalue weighted by molar-refractivity contribution is 5.87. The molecule has 3 heterocycles. The fraction of sp³-hybridized carbons (Fsp3) is 0.158. The Morgan fingerprint density at radius 2 is 1.84 bits per heavy atom. The van der Waals surface area contributed by atoms with Crippen molar-refractivity contribution in [2.75, 3.05) is 5.32 Å². The SMILES string of the molecule is N#Cc1c2c(c(Nc3ncccn3)n3c1nc1ccccc13)CCC2. The summed E-state index contributed by atoms with van der Waals surface area (Å²) in [7, 11) is 0. The van der Waals surface area contributed by atoms with Crippen LogP contribution in [0, 0.1) is 11.3 Å². The minimum Gasteiger partial charge on any atom is -0.310 e. The summed E-state index contributed by atoms with van der Waals surface area (Å²) in [5.74, 6) is 1.46. The molecule has 6 nitrogen and oxygen atoms in total. The standard InChI is InChI=1S/C19H14N6/c20-11-14-12-5-3-6-13(12)17(24-19-21-9-4-10-22-19)25-16-8-2-1-7-15(16)23-18(14)25/h1-2,4,7-10H,3,5-6H2,(H,21,22,24). The summed E-state index contributed by atoms with van der Waals surface area (Å²) >= 11 is 0. The molecular formula is C19H14N6. The molecule has 0 radical (unpaired) electrons. The number of hydrogen-bond donors (Lipinski definition) is 1. The third-order valence-corrected chi connectivity index (χ3v) is 4.72. The van der Waals surface area contributed by atoms with Crippen LogP contribution >= 0.6 is 0 Å². The monoisotopic (exact) mass is 326 g/mol. The van der Waals surface area contributed by atoms with Crippen molar-refractivity contribution in [3.8, 4) is 6.07 Å². The van der Waals surface area contributed by atoms with E-state index < -0.39 is 0 Å². The maximum Gasteiger partial charge on any atom is 0.228 e. The molecule has 0 bridgehead atoms. The van der Waals surface area contributed by atoms with Crippen molar-refractivity contribution in [1.29, 1.82) is 5.26 Å². The predicted octanol–water partition coefficient (Wildman–Crippen LogP) is 3.38. The van der Waals surface area contributed by atoms with Gasteiger partial charge in [-0.2, -0.15) is 5.26 Å². The average molecular weight is 326 g/mol. The van der Waals surface area contributed by atoms with E-state index in [1.165, 1.54) is 5.56 Å². The third-order valence-electron chi connectivity index (χ3n) is 4.72. The van der Waals surface area contributed by atoms with E-state index in [1.807, 2.05) is 28.7 Å². The predicted molar refractivity (Wildman–Crippen MR) is 94.8 cm³/mol. The summed E-state index contributed by atoms with van der Waals surface area (Å²) in [6.45, 7) is 0. The largest absolute Gasteiger partial charge is 0.310 e. The number of para-hydroxylation sites is 2. The van der Waals surface area contributed by atoms with Gasteiger partial charge in [-0.15, -0.1) is 0 Å². The lowest BCUT2D eigenvalue weighted by Gasteiger charge is -2.15. The zero-order valence-electron chi connectivity index (χ0n) is 13.4. The Hall–Kier alpha value is -3.46. The van der Waals surface area contributed by atoms with E-state index in [0.717, 1.165) is 41.7 Å². The van der Waals surface area contributed by atoms with Crippen LogP contribution in [0.5, 0.6) is 0 Å².